The van der Waals surface area contributed by atoms with E-state index in [1.54, 1.807) is 0 Å². The van der Waals surface area contributed by atoms with Crippen LogP contribution in [0.4, 0.5) is 5.82 Å². The minimum absolute atomic E-state index is 0.539. The van der Waals surface area contributed by atoms with Gasteiger partial charge in [0.2, 0.25) is 5.88 Å². The molecular formula is C11H17N3O. The van der Waals surface area contributed by atoms with E-state index >= 15 is 0 Å². The molecule has 0 unspecified atom stereocenters. The fourth-order valence-electron chi connectivity index (χ4n) is 1.21. The molecule has 0 spiro atoms. The number of hydrogen-bond acceptors (Lipinski definition) is 4. The fraction of sp³-hybridized carbons (Fsp3) is 0.455. The quantitative estimate of drug-likeness (QED) is 0.768. The van der Waals surface area contributed by atoms with Gasteiger partial charge in [0.1, 0.15) is 18.2 Å². The van der Waals surface area contributed by atoms with Crippen LogP contribution in [0.25, 0.3) is 0 Å². The van der Waals surface area contributed by atoms with Crippen LogP contribution in [0, 0.1) is 13.8 Å². The average Bonchev–Trinajstić information content (AvgIpc) is 2.23. The van der Waals surface area contributed by atoms with E-state index in [9.17, 15) is 0 Å². The summed E-state index contributed by atoms with van der Waals surface area (Å²) < 4.78 is 5.52. The molecule has 82 valence electrons. The van der Waals surface area contributed by atoms with Crippen LogP contribution in [0.3, 0.4) is 0 Å². The molecule has 0 saturated carbocycles. The molecule has 0 fully saturated rings. The topological polar surface area (TPSA) is 47.0 Å². The van der Waals surface area contributed by atoms with Crippen molar-refractivity contribution < 1.29 is 4.74 Å². The normalized spacial score (nSPS) is 10.7. The maximum atomic E-state index is 5.52. The smallest absolute Gasteiger partial charge is 0.222 e. The van der Waals surface area contributed by atoms with Crippen LogP contribution >= 0.6 is 0 Å². The zero-order valence-corrected chi connectivity index (χ0v) is 9.66. The van der Waals surface area contributed by atoms with Crippen molar-refractivity contribution in [3.63, 3.8) is 0 Å². The number of aromatic nitrogens is 2. The number of aryl methyl sites for hydroxylation is 1. The summed E-state index contributed by atoms with van der Waals surface area (Å²) >= 11 is 0. The largest absolute Gasteiger partial charge is 0.473 e. The monoisotopic (exact) mass is 207 g/mol. The number of nitrogens with zero attached hydrogens (tertiary/aromatic N) is 2. The van der Waals surface area contributed by atoms with Gasteiger partial charge in [-0.05, 0) is 20.8 Å². The Hall–Kier alpha value is -1.58. The van der Waals surface area contributed by atoms with Gasteiger partial charge in [-0.2, -0.15) is 4.98 Å². The van der Waals surface area contributed by atoms with E-state index in [1.165, 1.54) is 0 Å². The molecular weight excluding hydrogens is 190 g/mol. The van der Waals surface area contributed by atoms with Gasteiger partial charge in [-0.15, -0.1) is 0 Å². The van der Waals surface area contributed by atoms with Gasteiger partial charge < -0.3 is 10.1 Å². The third-order valence-corrected chi connectivity index (χ3v) is 2.00. The van der Waals surface area contributed by atoms with Crippen LogP contribution in [-0.2, 0) is 0 Å². The van der Waals surface area contributed by atoms with Crippen LogP contribution in [0.5, 0.6) is 5.88 Å². The number of allylic oxidation sites excluding steroid dienone is 1. The molecule has 0 atom stereocenters. The summed E-state index contributed by atoms with van der Waals surface area (Å²) in [5.74, 6) is 2.17. The molecule has 0 radical (unpaired) electrons. The number of nitrogens with one attached hydrogen (secondary N) is 1. The molecule has 1 N–H and O–H groups in total. The molecule has 1 aromatic heterocycles. The van der Waals surface area contributed by atoms with Crippen molar-refractivity contribution in [3.8, 4) is 5.88 Å². The van der Waals surface area contributed by atoms with Gasteiger partial charge in [0.05, 0.1) is 5.56 Å². The molecule has 15 heavy (non-hydrogen) atoms. The Bertz CT molecular complexity index is 361. The standard InChI is InChI=1S/C11H17N3O/c1-5-6-7-15-11-8(2)10(12-4)13-9(3)14-11/h5-6H,7H2,1-4H3,(H,12,13,14)/b6-5+. The van der Waals surface area contributed by atoms with Gasteiger partial charge in [0.25, 0.3) is 0 Å². The van der Waals surface area contributed by atoms with Crippen LogP contribution in [0.15, 0.2) is 12.2 Å². The highest BCUT2D eigenvalue weighted by molar-refractivity contribution is 5.47. The Kier molecular flexibility index (Phi) is 4.09. The summed E-state index contributed by atoms with van der Waals surface area (Å²) in [4.78, 5) is 8.51. The lowest BCUT2D eigenvalue weighted by Gasteiger charge is -2.10. The molecule has 0 aliphatic carbocycles. The predicted molar refractivity (Wildman–Crippen MR) is 61.4 cm³/mol. The van der Waals surface area contributed by atoms with Crippen LogP contribution in [0.1, 0.15) is 18.3 Å². The Morgan fingerprint density at radius 3 is 2.67 bits per heavy atom. The first-order valence-corrected chi connectivity index (χ1v) is 4.96. The second-order valence-corrected chi connectivity index (χ2v) is 3.18. The Labute approximate surface area is 90.4 Å². The van der Waals surface area contributed by atoms with Gasteiger partial charge >= 0.3 is 0 Å². The predicted octanol–water partition coefficient (Wildman–Crippen LogP) is 2.09. The Morgan fingerprint density at radius 1 is 1.33 bits per heavy atom. The summed E-state index contributed by atoms with van der Waals surface area (Å²) in [6, 6.07) is 0. The zero-order valence-electron chi connectivity index (χ0n) is 9.66. The average molecular weight is 207 g/mol. The van der Waals surface area contributed by atoms with E-state index in [1.807, 2.05) is 40.0 Å². The first kappa shape index (κ1) is 11.5. The van der Waals surface area contributed by atoms with Crippen LogP contribution in [0.2, 0.25) is 0 Å². The van der Waals surface area contributed by atoms with E-state index in [2.05, 4.69) is 15.3 Å². The number of ether oxygens (including phenoxy) is 1. The summed E-state index contributed by atoms with van der Waals surface area (Å²) in [6.07, 6.45) is 3.89. The summed E-state index contributed by atoms with van der Waals surface area (Å²) in [7, 11) is 1.84. The number of hydrogen-bond donors (Lipinski definition) is 1. The van der Waals surface area contributed by atoms with E-state index in [0.717, 1.165) is 11.4 Å². The van der Waals surface area contributed by atoms with Gasteiger partial charge in [-0.25, -0.2) is 4.98 Å². The molecule has 1 rings (SSSR count). The van der Waals surface area contributed by atoms with E-state index in [0.29, 0.717) is 18.3 Å². The molecule has 0 aliphatic heterocycles. The second kappa shape index (κ2) is 5.34. The van der Waals surface area contributed by atoms with Crippen molar-refractivity contribution in [2.24, 2.45) is 0 Å². The van der Waals surface area contributed by atoms with E-state index in [4.69, 9.17) is 4.74 Å². The van der Waals surface area contributed by atoms with Crippen molar-refractivity contribution in [2.45, 2.75) is 20.8 Å². The molecule has 0 aliphatic rings. The van der Waals surface area contributed by atoms with Gasteiger partial charge in [-0.1, -0.05) is 12.2 Å². The molecule has 1 aromatic rings. The SMILES string of the molecule is C/C=C/COc1nc(C)nc(NC)c1C. The third-order valence-electron chi connectivity index (χ3n) is 2.00. The van der Waals surface area contributed by atoms with Gasteiger partial charge in [0.15, 0.2) is 0 Å². The van der Waals surface area contributed by atoms with Gasteiger partial charge in [0, 0.05) is 7.05 Å². The van der Waals surface area contributed by atoms with Crippen molar-refractivity contribution in [3.05, 3.63) is 23.5 Å². The molecule has 4 heteroatoms. The minimum Gasteiger partial charge on any atom is -0.473 e. The lowest BCUT2D eigenvalue weighted by Crippen LogP contribution is -2.05. The first-order chi connectivity index (χ1) is 7.19. The first-order valence-electron chi connectivity index (χ1n) is 4.96. The molecule has 0 saturated heterocycles. The summed E-state index contributed by atoms with van der Waals surface area (Å²) in [6.45, 7) is 6.29. The van der Waals surface area contributed by atoms with Crippen molar-refractivity contribution in [1.29, 1.82) is 0 Å². The molecule has 0 bridgehead atoms. The minimum atomic E-state index is 0.539. The molecule has 1 heterocycles. The van der Waals surface area contributed by atoms with Crippen molar-refractivity contribution in [1.82, 2.24) is 9.97 Å². The lowest BCUT2D eigenvalue weighted by atomic mass is 10.3. The van der Waals surface area contributed by atoms with Crippen LogP contribution in [-0.4, -0.2) is 23.6 Å². The summed E-state index contributed by atoms with van der Waals surface area (Å²) in [5, 5.41) is 3.02. The highest BCUT2D eigenvalue weighted by Gasteiger charge is 2.08. The highest BCUT2D eigenvalue weighted by atomic mass is 16.5. The van der Waals surface area contributed by atoms with Crippen molar-refractivity contribution >= 4 is 5.82 Å². The zero-order chi connectivity index (χ0) is 11.3. The molecule has 0 aromatic carbocycles. The fourth-order valence-corrected chi connectivity index (χ4v) is 1.21. The van der Waals surface area contributed by atoms with Crippen LogP contribution < -0.4 is 10.1 Å². The second-order valence-electron chi connectivity index (χ2n) is 3.18. The third kappa shape index (κ3) is 2.94. The lowest BCUT2D eigenvalue weighted by molar-refractivity contribution is 0.344. The molecule has 4 nitrogen and oxygen atoms in total. The van der Waals surface area contributed by atoms with E-state index in [-0.39, 0.29) is 0 Å². The van der Waals surface area contributed by atoms with Gasteiger partial charge in [-0.3, -0.25) is 0 Å². The van der Waals surface area contributed by atoms with E-state index < -0.39 is 0 Å². The summed E-state index contributed by atoms with van der Waals surface area (Å²) in [5.41, 5.74) is 0.938. The Morgan fingerprint density at radius 2 is 2.07 bits per heavy atom. The van der Waals surface area contributed by atoms with Crippen molar-refractivity contribution in [2.75, 3.05) is 19.0 Å². The highest BCUT2D eigenvalue weighted by Crippen LogP contribution is 2.21. The number of anilines is 1. The maximum Gasteiger partial charge on any atom is 0.222 e. The number of rotatable bonds is 4. The maximum absolute atomic E-state index is 5.52. The molecule has 0 amide bonds. The Balaban J connectivity index is 2.90.